The topological polar surface area (TPSA) is 97.6 Å². The van der Waals surface area contributed by atoms with Crippen molar-refractivity contribution in [2.45, 2.75) is 6.04 Å². The van der Waals surface area contributed by atoms with Crippen molar-refractivity contribution in [3.63, 3.8) is 0 Å². The molecule has 1 aliphatic rings. The highest BCUT2D eigenvalue weighted by Crippen LogP contribution is 2.26. The number of para-hydroxylation sites is 1. The second kappa shape index (κ2) is 8.01. The summed E-state index contributed by atoms with van der Waals surface area (Å²) >= 11 is 0. The molecule has 3 aromatic rings. The third-order valence-corrected chi connectivity index (χ3v) is 4.39. The normalized spacial score (nSPS) is 16.6. The first-order valence-electron chi connectivity index (χ1n) is 8.85. The third kappa shape index (κ3) is 3.77. The number of aromatic nitrogens is 2. The SMILES string of the molecule is O=C(Nc1ccccc1)c1cc(C2COCCN2C(=O)c2ccccn2)on1. The average Bonchev–Trinajstić information content (AvgIpc) is 3.25. The summed E-state index contributed by atoms with van der Waals surface area (Å²) in [5.41, 5.74) is 1.13. The number of carbonyl (C=O) groups is 2. The lowest BCUT2D eigenvalue weighted by molar-refractivity contribution is -0.0106. The Labute approximate surface area is 161 Å². The maximum atomic E-state index is 12.8. The Kier molecular flexibility index (Phi) is 5.11. The zero-order valence-electron chi connectivity index (χ0n) is 14.9. The van der Waals surface area contributed by atoms with Gasteiger partial charge in [0.2, 0.25) is 0 Å². The van der Waals surface area contributed by atoms with E-state index >= 15 is 0 Å². The number of morpholine rings is 1. The van der Waals surface area contributed by atoms with Crippen molar-refractivity contribution in [3.8, 4) is 0 Å². The van der Waals surface area contributed by atoms with Crippen LogP contribution in [0.1, 0.15) is 32.8 Å². The van der Waals surface area contributed by atoms with Gasteiger partial charge >= 0.3 is 0 Å². The van der Waals surface area contributed by atoms with E-state index in [4.69, 9.17) is 9.26 Å². The van der Waals surface area contributed by atoms with Gasteiger partial charge in [-0.2, -0.15) is 0 Å². The lowest BCUT2D eigenvalue weighted by Crippen LogP contribution is -2.43. The van der Waals surface area contributed by atoms with E-state index in [1.807, 2.05) is 18.2 Å². The minimum Gasteiger partial charge on any atom is -0.377 e. The summed E-state index contributed by atoms with van der Waals surface area (Å²) in [6.07, 6.45) is 1.57. The highest BCUT2D eigenvalue weighted by Gasteiger charge is 2.33. The zero-order chi connectivity index (χ0) is 19.3. The Hall–Kier alpha value is -3.52. The van der Waals surface area contributed by atoms with Crippen LogP contribution in [0.2, 0.25) is 0 Å². The molecule has 8 nitrogen and oxygen atoms in total. The number of benzene rings is 1. The summed E-state index contributed by atoms with van der Waals surface area (Å²) in [5.74, 6) is -0.219. The van der Waals surface area contributed by atoms with E-state index < -0.39 is 6.04 Å². The summed E-state index contributed by atoms with van der Waals surface area (Å²) in [7, 11) is 0. The van der Waals surface area contributed by atoms with Gasteiger partial charge in [0.05, 0.1) is 13.2 Å². The van der Waals surface area contributed by atoms with Crippen LogP contribution in [0.3, 0.4) is 0 Å². The molecule has 0 spiro atoms. The summed E-state index contributed by atoms with van der Waals surface area (Å²) in [4.78, 5) is 31.0. The second-order valence-corrected chi connectivity index (χ2v) is 6.24. The molecule has 8 heteroatoms. The molecule has 2 aromatic heterocycles. The molecule has 0 radical (unpaired) electrons. The smallest absolute Gasteiger partial charge is 0.277 e. The molecule has 0 bridgehead atoms. The van der Waals surface area contributed by atoms with E-state index in [2.05, 4.69) is 15.5 Å². The van der Waals surface area contributed by atoms with Crippen LogP contribution in [0, 0.1) is 0 Å². The van der Waals surface area contributed by atoms with Gasteiger partial charge in [-0.15, -0.1) is 0 Å². The van der Waals surface area contributed by atoms with Gasteiger partial charge in [-0.1, -0.05) is 29.4 Å². The Balaban J connectivity index is 1.52. The van der Waals surface area contributed by atoms with Crippen LogP contribution in [0.4, 0.5) is 5.69 Å². The number of carbonyl (C=O) groups excluding carboxylic acids is 2. The summed E-state index contributed by atoms with van der Waals surface area (Å²) in [5, 5.41) is 6.61. The monoisotopic (exact) mass is 378 g/mol. The van der Waals surface area contributed by atoms with Crippen LogP contribution in [0.25, 0.3) is 0 Å². The molecule has 4 rings (SSSR count). The molecule has 1 aliphatic heterocycles. The number of hydrogen-bond donors (Lipinski definition) is 1. The zero-order valence-corrected chi connectivity index (χ0v) is 14.9. The van der Waals surface area contributed by atoms with Crippen LogP contribution in [0.15, 0.2) is 65.3 Å². The van der Waals surface area contributed by atoms with E-state index in [1.54, 1.807) is 41.4 Å². The van der Waals surface area contributed by atoms with Gasteiger partial charge in [-0.05, 0) is 24.3 Å². The van der Waals surface area contributed by atoms with E-state index in [9.17, 15) is 9.59 Å². The van der Waals surface area contributed by atoms with Gasteiger partial charge < -0.3 is 19.5 Å². The first-order valence-corrected chi connectivity index (χ1v) is 8.85. The van der Waals surface area contributed by atoms with Crippen LogP contribution in [-0.2, 0) is 4.74 Å². The molecule has 1 fully saturated rings. The number of pyridine rings is 1. The van der Waals surface area contributed by atoms with Crippen molar-refractivity contribution < 1.29 is 18.8 Å². The van der Waals surface area contributed by atoms with E-state index in [-0.39, 0.29) is 24.1 Å². The largest absolute Gasteiger partial charge is 0.377 e. The molecular formula is C20H18N4O4. The van der Waals surface area contributed by atoms with Gasteiger partial charge in [-0.25, -0.2) is 0 Å². The molecule has 1 unspecified atom stereocenters. The van der Waals surface area contributed by atoms with Crippen molar-refractivity contribution in [3.05, 3.63) is 77.9 Å². The molecule has 1 N–H and O–H groups in total. The lowest BCUT2D eigenvalue weighted by atomic mass is 10.1. The lowest BCUT2D eigenvalue weighted by Gasteiger charge is -2.33. The van der Waals surface area contributed by atoms with Crippen LogP contribution >= 0.6 is 0 Å². The molecule has 0 saturated carbocycles. The molecule has 1 saturated heterocycles. The van der Waals surface area contributed by atoms with Crippen LogP contribution in [-0.4, -0.2) is 46.6 Å². The van der Waals surface area contributed by atoms with Gasteiger partial charge in [0.15, 0.2) is 11.5 Å². The molecule has 1 atom stereocenters. The van der Waals surface area contributed by atoms with Crippen molar-refractivity contribution >= 4 is 17.5 Å². The Morgan fingerprint density at radius 2 is 1.89 bits per heavy atom. The first kappa shape index (κ1) is 17.9. The fourth-order valence-corrected chi connectivity index (χ4v) is 2.99. The molecule has 3 heterocycles. The summed E-state index contributed by atoms with van der Waals surface area (Å²) in [6.45, 7) is 1.07. The molecule has 28 heavy (non-hydrogen) atoms. The minimum absolute atomic E-state index is 0.134. The summed E-state index contributed by atoms with van der Waals surface area (Å²) in [6, 6.07) is 15.3. The maximum Gasteiger partial charge on any atom is 0.277 e. The predicted octanol–water partition coefficient (Wildman–Crippen LogP) is 2.54. The molecular weight excluding hydrogens is 360 g/mol. The summed E-state index contributed by atoms with van der Waals surface area (Å²) < 4.78 is 10.9. The van der Waals surface area contributed by atoms with Crippen molar-refractivity contribution in [1.29, 1.82) is 0 Å². The van der Waals surface area contributed by atoms with Gasteiger partial charge in [0.25, 0.3) is 11.8 Å². The van der Waals surface area contributed by atoms with E-state index in [0.29, 0.717) is 30.3 Å². The van der Waals surface area contributed by atoms with Crippen molar-refractivity contribution in [2.75, 3.05) is 25.1 Å². The fraction of sp³-hybridized carbons (Fsp3) is 0.200. The number of anilines is 1. The van der Waals surface area contributed by atoms with Crippen molar-refractivity contribution in [1.82, 2.24) is 15.0 Å². The number of amides is 2. The molecule has 2 amide bonds. The van der Waals surface area contributed by atoms with Gasteiger partial charge in [0, 0.05) is 24.5 Å². The van der Waals surface area contributed by atoms with E-state index in [0.717, 1.165) is 0 Å². The number of nitrogens with one attached hydrogen (secondary N) is 1. The van der Waals surface area contributed by atoms with Gasteiger partial charge in [-0.3, -0.25) is 14.6 Å². The Morgan fingerprint density at radius 1 is 1.07 bits per heavy atom. The highest BCUT2D eigenvalue weighted by molar-refractivity contribution is 6.02. The maximum absolute atomic E-state index is 12.8. The third-order valence-electron chi connectivity index (χ3n) is 4.39. The standard InChI is InChI=1S/C20H18N4O4/c25-19(22-14-6-2-1-3-7-14)16-12-18(28-23-16)17-13-27-11-10-24(17)20(26)15-8-4-5-9-21-15/h1-9,12,17H,10-11,13H2,(H,22,25). The first-order chi connectivity index (χ1) is 13.7. The number of hydrogen-bond acceptors (Lipinski definition) is 6. The number of rotatable bonds is 4. The number of nitrogens with zero attached hydrogens (tertiary/aromatic N) is 3. The molecule has 0 aliphatic carbocycles. The predicted molar refractivity (Wildman–Crippen MR) is 99.7 cm³/mol. The molecule has 1 aromatic carbocycles. The average molecular weight is 378 g/mol. The quantitative estimate of drug-likeness (QED) is 0.749. The Morgan fingerprint density at radius 3 is 2.68 bits per heavy atom. The Bertz CT molecular complexity index is 959. The molecule has 142 valence electrons. The van der Waals surface area contributed by atoms with E-state index in [1.165, 1.54) is 6.07 Å². The fourth-order valence-electron chi connectivity index (χ4n) is 2.99. The van der Waals surface area contributed by atoms with Crippen molar-refractivity contribution in [2.24, 2.45) is 0 Å². The van der Waals surface area contributed by atoms with Gasteiger partial charge in [0.1, 0.15) is 11.7 Å². The highest BCUT2D eigenvalue weighted by atomic mass is 16.5. The van der Waals surface area contributed by atoms with Crippen LogP contribution < -0.4 is 5.32 Å². The number of ether oxygens (including phenoxy) is 1. The van der Waals surface area contributed by atoms with Crippen LogP contribution in [0.5, 0.6) is 0 Å². The second-order valence-electron chi connectivity index (χ2n) is 6.24. The minimum atomic E-state index is -0.478.